The fourth-order valence-electron chi connectivity index (χ4n) is 2.59. The van der Waals surface area contributed by atoms with Gasteiger partial charge in [0.1, 0.15) is 11.4 Å². The van der Waals surface area contributed by atoms with Gasteiger partial charge in [0.2, 0.25) is 0 Å². The monoisotopic (exact) mass is 370 g/mol. The van der Waals surface area contributed by atoms with Crippen LogP contribution in [0, 0.1) is 18.3 Å². The van der Waals surface area contributed by atoms with Crippen molar-refractivity contribution >= 4 is 17.5 Å². The standard InChI is InChI=1S/C22H18N4O2/c1-15-5-2-3-6-17(15)14-24-21(27)19-7-4-8-20(26-19)22(28)25-18-11-9-16(13-23)10-12-18/h2-12H,14H2,1H3,(H,24,27)(H,25,28). The number of nitriles is 1. The highest BCUT2D eigenvalue weighted by Crippen LogP contribution is 2.11. The van der Waals surface area contributed by atoms with Crippen LogP contribution in [0.15, 0.2) is 66.7 Å². The quantitative estimate of drug-likeness (QED) is 0.719. The van der Waals surface area contributed by atoms with Gasteiger partial charge in [-0.05, 0) is 54.4 Å². The average Bonchev–Trinajstić information content (AvgIpc) is 2.73. The van der Waals surface area contributed by atoms with E-state index in [2.05, 4.69) is 15.6 Å². The molecule has 138 valence electrons. The number of nitrogens with one attached hydrogen (secondary N) is 2. The van der Waals surface area contributed by atoms with Crippen molar-refractivity contribution < 1.29 is 9.59 Å². The molecule has 2 N–H and O–H groups in total. The minimum Gasteiger partial charge on any atom is -0.347 e. The summed E-state index contributed by atoms with van der Waals surface area (Å²) in [7, 11) is 0. The zero-order chi connectivity index (χ0) is 19.9. The highest BCUT2D eigenvalue weighted by Gasteiger charge is 2.13. The Morgan fingerprint density at radius 2 is 1.61 bits per heavy atom. The third-order valence-corrected chi connectivity index (χ3v) is 4.19. The molecule has 6 nitrogen and oxygen atoms in total. The lowest BCUT2D eigenvalue weighted by Gasteiger charge is -2.09. The first kappa shape index (κ1) is 18.8. The molecule has 0 radical (unpaired) electrons. The van der Waals surface area contributed by atoms with Crippen LogP contribution in [-0.2, 0) is 6.54 Å². The highest BCUT2D eigenvalue weighted by molar-refractivity contribution is 6.03. The molecular formula is C22H18N4O2. The molecule has 0 atom stereocenters. The summed E-state index contributed by atoms with van der Waals surface area (Å²) in [6.07, 6.45) is 0. The van der Waals surface area contributed by atoms with Crippen molar-refractivity contribution in [1.82, 2.24) is 10.3 Å². The Morgan fingerprint density at radius 1 is 0.929 bits per heavy atom. The van der Waals surface area contributed by atoms with Crippen LogP contribution in [0.5, 0.6) is 0 Å². The molecule has 1 heterocycles. The number of nitrogens with zero attached hydrogens (tertiary/aromatic N) is 2. The minimum atomic E-state index is -0.432. The third-order valence-electron chi connectivity index (χ3n) is 4.19. The topological polar surface area (TPSA) is 94.9 Å². The molecule has 0 bridgehead atoms. The number of amides is 2. The molecule has 0 unspecified atom stereocenters. The molecular weight excluding hydrogens is 352 g/mol. The summed E-state index contributed by atoms with van der Waals surface area (Å²) in [5.74, 6) is -0.783. The molecule has 2 amide bonds. The van der Waals surface area contributed by atoms with E-state index in [1.807, 2.05) is 37.3 Å². The maximum atomic E-state index is 12.4. The lowest BCUT2D eigenvalue weighted by molar-refractivity contribution is 0.0945. The summed E-state index contributed by atoms with van der Waals surface area (Å²) in [6.45, 7) is 2.36. The molecule has 0 aliphatic carbocycles. The lowest BCUT2D eigenvalue weighted by atomic mass is 10.1. The van der Waals surface area contributed by atoms with Crippen LogP contribution < -0.4 is 10.6 Å². The highest BCUT2D eigenvalue weighted by atomic mass is 16.2. The summed E-state index contributed by atoms with van der Waals surface area (Å²) >= 11 is 0. The van der Waals surface area contributed by atoms with E-state index in [1.54, 1.807) is 36.4 Å². The maximum absolute atomic E-state index is 12.4. The average molecular weight is 370 g/mol. The van der Waals surface area contributed by atoms with Crippen molar-refractivity contribution in [2.45, 2.75) is 13.5 Å². The van der Waals surface area contributed by atoms with Crippen molar-refractivity contribution in [2.75, 3.05) is 5.32 Å². The molecule has 3 rings (SSSR count). The Morgan fingerprint density at radius 3 is 2.29 bits per heavy atom. The van der Waals surface area contributed by atoms with Gasteiger partial charge < -0.3 is 10.6 Å². The van der Waals surface area contributed by atoms with Crippen molar-refractivity contribution in [3.8, 4) is 6.07 Å². The van der Waals surface area contributed by atoms with Gasteiger partial charge in [0.05, 0.1) is 11.6 Å². The first-order valence-corrected chi connectivity index (χ1v) is 8.68. The maximum Gasteiger partial charge on any atom is 0.274 e. The van der Waals surface area contributed by atoms with E-state index >= 15 is 0 Å². The molecule has 0 aliphatic heterocycles. The van der Waals surface area contributed by atoms with Gasteiger partial charge in [0, 0.05) is 12.2 Å². The van der Waals surface area contributed by atoms with E-state index < -0.39 is 5.91 Å². The predicted molar refractivity (Wildman–Crippen MR) is 106 cm³/mol. The number of benzene rings is 2. The van der Waals surface area contributed by atoms with Crippen LogP contribution >= 0.6 is 0 Å². The number of carbonyl (C=O) groups is 2. The third kappa shape index (κ3) is 4.59. The Bertz CT molecular complexity index is 1050. The molecule has 1 aromatic heterocycles. The van der Waals surface area contributed by atoms with Crippen molar-refractivity contribution in [3.63, 3.8) is 0 Å². The molecule has 2 aromatic carbocycles. The van der Waals surface area contributed by atoms with Gasteiger partial charge in [-0.2, -0.15) is 5.26 Å². The molecule has 28 heavy (non-hydrogen) atoms. The van der Waals surface area contributed by atoms with E-state index in [0.29, 0.717) is 17.8 Å². The van der Waals surface area contributed by atoms with Crippen LogP contribution in [0.4, 0.5) is 5.69 Å². The summed E-state index contributed by atoms with van der Waals surface area (Å²) < 4.78 is 0. The molecule has 6 heteroatoms. The summed E-state index contributed by atoms with van der Waals surface area (Å²) in [6, 6.07) is 21.0. The molecule has 0 saturated heterocycles. The minimum absolute atomic E-state index is 0.132. The Kier molecular flexibility index (Phi) is 5.78. The first-order valence-electron chi connectivity index (χ1n) is 8.68. The summed E-state index contributed by atoms with van der Waals surface area (Å²) in [5.41, 5.74) is 3.45. The van der Waals surface area contributed by atoms with Crippen LogP contribution in [0.3, 0.4) is 0 Å². The Balaban J connectivity index is 1.67. The number of anilines is 1. The molecule has 3 aromatic rings. The number of rotatable bonds is 5. The Hall–Kier alpha value is -3.98. The lowest BCUT2D eigenvalue weighted by Crippen LogP contribution is -2.25. The van der Waals surface area contributed by atoms with Crippen molar-refractivity contribution in [2.24, 2.45) is 0 Å². The number of pyridine rings is 1. The second-order valence-electron chi connectivity index (χ2n) is 6.16. The zero-order valence-electron chi connectivity index (χ0n) is 15.3. The van der Waals surface area contributed by atoms with Crippen molar-refractivity contribution in [1.29, 1.82) is 5.26 Å². The van der Waals surface area contributed by atoms with Crippen LogP contribution in [-0.4, -0.2) is 16.8 Å². The number of hydrogen-bond donors (Lipinski definition) is 2. The number of aromatic nitrogens is 1. The van der Waals surface area contributed by atoms with Gasteiger partial charge in [-0.3, -0.25) is 9.59 Å². The van der Waals surface area contributed by atoms with Crippen LogP contribution in [0.1, 0.15) is 37.7 Å². The van der Waals surface area contributed by atoms with E-state index in [9.17, 15) is 9.59 Å². The van der Waals surface area contributed by atoms with E-state index in [0.717, 1.165) is 11.1 Å². The number of aryl methyl sites for hydroxylation is 1. The molecule has 0 saturated carbocycles. The van der Waals surface area contributed by atoms with Gasteiger partial charge in [-0.25, -0.2) is 4.98 Å². The smallest absolute Gasteiger partial charge is 0.274 e. The molecule has 0 fully saturated rings. The second kappa shape index (κ2) is 8.60. The normalized spacial score (nSPS) is 10.0. The predicted octanol–water partition coefficient (Wildman–Crippen LogP) is 3.44. The van der Waals surface area contributed by atoms with Gasteiger partial charge in [-0.15, -0.1) is 0 Å². The number of hydrogen-bond acceptors (Lipinski definition) is 4. The van der Waals surface area contributed by atoms with Crippen LogP contribution in [0.2, 0.25) is 0 Å². The van der Waals surface area contributed by atoms with E-state index in [1.165, 1.54) is 6.07 Å². The molecule has 0 aliphatic rings. The Labute approximate surface area is 162 Å². The van der Waals surface area contributed by atoms with Crippen LogP contribution in [0.25, 0.3) is 0 Å². The number of carbonyl (C=O) groups excluding carboxylic acids is 2. The van der Waals surface area contributed by atoms with Crippen molar-refractivity contribution in [3.05, 3.63) is 94.8 Å². The van der Waals surface area contributed by atoms with Gasteiger partial charge in [-0.1, -0.05) is 30.3 Å². The SMILES string of the molecule is Cc1ccccc1CNC(=O)c1cccc(C(=O)Nc2ccc(C#N)cc2)n1. The molecule has 0 spiro atoms. The van der Waals surface area contributed by atoms with Gasteiger partial charge in [0.15, 0.2) is 0 Å². The largest absolute Gasteiger partial charge is 0.347 e. The van der Waals surface area contributed by atoms with Gasteiger partial charge in [0.25, 0.3) is 11.8 Å². The zero-order valence-corrected chi connectivity index (χ0v) is 15.3. The fourth-order valence-corrected chi connectivity index (χ4v) is 2.59. The summed E-state index contributed by atoms with van der Waals surface area (Å²) in [4.78, 5) is 29.0. The first-order chi connectivity index (χ1) is 13.6. The summed E-state index contributed by atoms with van der Waals surface area (Å²) in [5, 5.41) is 14.3. The van der Waals surface area contributed by atoms with E-state index in [4.69, 9.17) is 5.26 Å². The van der Waals surface area contributed by atoms with Gasteiger partial charge >= 0.3 is 0 Å². The second-order valence-corrected chi connectivity index (χ2v) is 6.16. The fraction of sp³-hybridized carbons (Fsp3) is 0.0909. The van der Waals surface area contributed by atoms with E-state index in [-0.39, 0.29) is 17.3 Å².